The summed E-state index contributed by atoms with van der Waals surface area (Å²) in [4.78, 5) is 16.7. The third-order valence-electron chi connectivity index (χ3n) is 3.73. The molecule has 4 nitrogen and oxygen atoms in total. The molecule has 0 fully saturated rings. The number of carbonyl (C=O) groups excluding carboxylic acids is 1. The van der Waals surface area contributed by atoms with Crippen LogP contribution in [-0.4, -0.2) is 16.6 Å². The van der Waals surface area contributed by atoms with Crippen LogP contribution in [0.3, 0.4) is 0 Å². The monoisotopic (exact) mass is 267 g/mol. The number of esters is 1. The van der Waals surface area contributed by atoms with Crippen molar-refractivity contribution in [1.82, 2.24) is 4.98 Å². The van der Waals surface area contributed by atoms with E-state index in [0.717, 1.165) is 27.9 Å². The van der Waals surface area contributed by atoms with Crippen molar-refractivity contribution >= 4 is 22.4 Å². The van der Waals surface area contributed by atoms with E-state index in [2.05, 4.69) is 4.98 Å². The number of rotatable bonds is 0. The average molecular weight is 267 g/mol. The van der Waals surface area contributed by atoms with Crippen LogP contribution in [0.4, 0.5) is 0 Å². The minimum Gasteiger partial charge on any atom is -0.456 e. The normalized spacial score (nSPS) is 18.9. The zero-order chi connectivity index (χ0) is 14.1. The highest BCUT2D eigenvalue weighted by atomic mass is 16.6. The summed E-state index contributed by atoms with van der Waals surface area (Å²) < 4.78 is 11.4. The van der Waals surface area contributed by atoms with E-state index in [4.69, 9.17) is 9.47 Å². The molecule has 2 aliphatic heterocycles. The van der Waals surface area contributed by atoms with Crippen LogP contribution >= 0.6 is 0 Å². The van der Waals surface area contributed by atoms with E-state index in [1.807, 2.05) is 45.0 Å². The second-order valence-corrected chi connectivity index (χ2v) is 5.67. The number of hydrogen-bond donors (Lipinski definition) is 0. The fraction of sp³-hybridized carbons (Fsp3) is 0.250. The SMILES string of the molecule is Cc1cc2c3c(cccc3n1)C1=C(O2)C(C)(C)OC1=O. The highest BCUT2D eigenvalue weighted by molar-refractivity contribution is 6.24. The van der Waals surface area contributed by atoms with Crippen molar-refractivity contribution < 1.29 is 14.3 Å². The zero-order valence-electron chi connectivity index (χ0n) is 11.5. The molecule has 0 aliphatic carbocycles. The second kappa shape index (κ2) is 3.39. The number of hydrogen-bond acceptors (Lipinski definition) is 4. The van der Waals surface area contributed by atoms with Crippen molar-refractivity contribution in [2.75, 3.05) is 0 Å². The lowest BCUT2D eigenvalue weighted by atomic mass is 9.94. The van der Waals surface area contributed by atoms with E-state index in [1.54, 1.807) is 0 Å². The van der Waals surface area contributed by atoms with Gasteiger partial charge in [-0.2, -0.15) is 0 Å². The largest absolute Gasteiger partial charge is 0.456 e. The van der Waals surface area contributed by atoms with Crippen molar-refractivity contribution in [2.24, 2.45) is 0 Å². The summed E-state index contributed by atoms with van der Waals surface area (Å²) in [5, 5.41) is 0.881. The van der Waals surface area contributed by atoms with Crippen molar-refractivity contribution in [3.63, 3.8) is 0 Å². The molecule has 1 aromatic heterocycles. The first-order chi connectivity index (χ1) is 9.47. The highest BCUT2D eigenvalue weighted by Crippen LogP contribution is 2.46. The van der Waals surface area contributed by atoms with Crippen molar-refractivity contribution in [3.05, 3.63) is 41.3 Å². The van der Waals surface area contributed by atoms with Crippen LogP contribution < -0.4 is 4.74 Å². The molecule has 100 valence electrons. The van der Waals surface area contributed by atoms with E-state index in [9.17, 15) is 4.79 Å². The van der Waals surface area contributed by atoms with Gasteiger partial charge < -0.3 is 9.47 Å². The van der Waals surface area contributed by atoms with E-state index in [0.29, 0.717) is 11.3 Å². The molecule has 2 aromatic rings. The van der Waals surface area contributed by atoms with Crippen LogP contribution in [0.15, 0.2) is 30.0 Å². The Kier molecular flexibility index (Phi) is 1.94. The van der Waals surface area contributed by atoms with Gasteiger partial charge in [-0.1, -0.05) is 12.1 Å². The maximum atomic E-state index is 12.2. The number of pyridine rings is 1. The lowest BCUT2D eigenvalue weighted by molar-refractivity contribution is -0.143. The Morgan fingerprint density at radius 1 is 1.25 bits per heavy atom. The number of benzene rings is 1. The molecule has 0 bridgehead atoms. The van der Waals surface area contributed by atoms with Crippen LogP contribution in [0.2, 0.25) is 0 Å². The lowest BCUT2D eigenvalue weighted by Crippen LogP contribution is -2.26. The predicted molar refractivity (Wildman–Crippen MR) is 74.2 cm³/mol. The van der Waals surface area contributed by atoms with Gasteiger partial charge in [-0.3, -0.25) is 4.98 Å². The standard InChI is InChI=1S/C16H13NO3/c1-8-7-11-12-9(5-4-6-10(12)17-8)13-14(19-11)16(2,3)20-15(13)18/h4-7H,1-3H3. The lowest BCUT2D eigenvalue weighted by Gasteiger charge is -2.24. The molecule has 0 spiro atoms. The van der Waals surface area contributed by atoms with E-state index >= 15 is 0 Å². The average Bonchev–Trinajstić information content (AvgIpc) is 2.59. The Morgan fingerprint density at radius 3 is 2.85 bits per heavy atom. The number of cyclic esters (lactones) is 1. The number of nitrogens with zero attached hydrogens (tertiary/aromatic N) is 1. The second-order valence-electron chi connectivity index (χ2n) is 5.67. The Hall–Kier alpha value is -2.36. The molecule has 2 aliphatic rings. The van der Waals surface area contributed by atoms with Gasteiger partial charge in [0.25, 0.3) is 0 Å². The van der Waals surface area contributed by atoms with Gasteiger partial charge in [-0.15, -0.1) is 0 Å². The quantitative estimate of drug-likeness (QED) is 0.688. The minimum absolute atomic E-state index is 0.330. The summed E-state index contributed by atoms with van der Waals surface area (Å²) in [6.45, 7) is 5.61. The molecule has 0 saturated carbocycles. The molecular weight excluding hydrogens is 254 g/mol. The fourth-order valence-electron chi connectivity index (χ4n) is 2.90. The van der Waals surface area contributed by atoms with Gasteiger partial charge in [0.1, 0.15) is 11.3 Å². The Labute approximate surface area is 116 Å². The summed E-state index contributed by atoms with van der Waals surface area (Å²) in [5.74, 6) is 1.00. The molecule has 4 heteroatoms. The van der Waals surface area contributed by atoms with Crippen LogP contribution in [0.25, 0.3) is 16.5 Å². The van der Waals surface area contributed by atoms with Crippen molar-refractivity contribution in [2.45, 2.75) is 26.4 Å². The third-order valence-corrected chi connectivity index (χ3v) is 3.73. The van der Waals surface area contributed by atoms with Crippen LogP contribution in [-0.2, 0) is 9.53 Å². The van der Waals surface area contributed by atoms with Gasteiger partial charge in [0.15, 0.2) is 11.4 Å². The predicted octanol–water partition coefficient (Wildman–Crippen LogP) is 2.98. The molecule has 0 saturated heterocycles. The summed E-state index contributed by atoms with van der Waals surface area (Å²) in [7, 11) is 0. The molecule has 1 aromatic carbocycles. The summed E-state index contributed by atoms with van der Waals surface area (Å²) >= 11 is 0. The van der Waals surface area contributed by atoms with Crippen LogP contribution in [0.5, 0.6) is 5.75 Å². The van der Waals surface area contributed by atoms with Gasteiger partial charge in [0.05, 0.1) is 10.9 Å². The summed E-state index contributed by atoms with van der Waals surface area (Å²) in [6.07, 6.45) is 0. The van der Waals surface area contributed by atoms with E-state index < -0.39 is 5.60 Å². The number of aryl methyl sites for hydroxylation is 1. The minimum atomic E-state index is -0.733. The number of aromatic nitrogens is 1. The number of fused-ring (bicyclic) bond motifs is 1. The third kappa shape index (κ3) is 1.31. The van der Waals surface area contributed by atoms with E-state index in [-0.39, 0.29) is 5.97 Å². The van der Waals surface area contributed by atoms with Crippen LogP contribution in [0.1, 0.15) is 25.1 Å². The van der Waals surface area contributed by atoms with E-state index in [1.165, 1.54) is 0 Å². The van der Waals surface area contributed by atoms with Gasteiger partial charge in [-0.05, 0) is 26.8 Å². The maximum absolute atomic E-state index is 12.2. The zero-order valence-corrected chi connectivity index (χ0v) is 11.5. The summed E-state index contributed by atoms with van der Waals surface area (Å²) in [6, 6.07) is 7.65. The molecular formula is C16H13NO3. The highest BCUT2D eigenvalue weighted by Gasteiger charge is 2.46. The molecule has 0 N–H and O–H groups in total. The molecule has 0 amide bonds. The van der Waals surface area contributed by atoms with Crippen molar-refractivity contribution in [3.8, 4) is 5.75 Å². The Balaban J connectivity index is 2.13. The smallest absolute Gasteiger partial charge is 0.343 e. The fourth-order valence-corrected chi connectivity index (χ4v) is 2.90. The first kappa shape index (κ1) is 11.5. The first-order valence-corrected chi connectivity index (χ1v) is 6.54. The Morgan fingerprint density at radius 2 is 2.05 bits per heavy atom. The summed E-state index contributed by atoms with van der Waals surface area (Å²) in [5.41, 5.74) is 2.36. The van der Waals surface area contributed by atoms with Gasteiger partial charge >= 0.3 is 5.97 Å². The number of carbonyl (C=O) groups is 1. The van der Waals surface area contributed by atoms with Gasteiger partial charge in [-0.25, -0.2) is 4.79 Å². The topological polar surface area (TPSA) is 48.4 Å². The Bertz CT molecular complexity index is 818. The molecule has 0 atom stereocenters. The molecule has 4 rings (SSSR count). The van der Waals surface area contributed by atoms with Crippen LogP contribution in [0, 0.1) is 6.92 Å². The maximum Gasteiger partial charge on any atom is 0.343 e. The molecule has 3 heterocycles. The number of ether oxygens (including phenoxy) is 2. The molecule has 0 unspecified atom stereocenters. The van der Waals surface area contributed by atoms with Crippen molar-refractivity contribution in [1.29, 1.82) is 0 Å². The molecule has 0 radical (unpaired) electrons. The molecule has 20 heavy (non-hydrogen) atoms. The van der Waals surface area contributed by atoms with Gasteiger partial charge in [0.2, 0.25) is 0 Å². The van der Waals surface area contributed by atoms with Gasteiger partial charge in [0, 0.05) is 17.3 Å². The first-order valence-electron chi connectivity index (χ1n) is 6.54.